The summed E-state index contributed by atoms with van der Waals surface area (Å²) < 4.78 is 17.2. The van der Waals surface area contributed by atoms with Crippen molar-refractivity contribution in [2.75, 3.05) is 31.0 Å². The van der Waals surface area contributed by atoms with Crippen LogP contribution in [-0.2, 0) is 20.8 Å². The normalized spacial score (nSPS) is 10.5. The topological polar surface area (TPSA) is 127 Å². The van der Waals surface area contributed by atoms with Gasteiger partial charge < -0.3 is 24.8 Å². The van der Waals surface area contributed by atoms with Crippen molar-refractivity contribution in [3.63, 3.8) is 0 Å². The number of anilines is 2. The van der Waals surface area contributed by atoms with E-state index < -0.39 is 11.8 Å². The Labute approximate surface area is 245 Å². The third kappa shape index (κ3) is 9.12. The molecule has 208 valence electrons. The van der Waals surface area contributed by atoms with Gasteiger partial charge in [0.25, 0.3) is 5.91 Å². The highest BCUT2D eigenvalue weighted by Gasteiger charge is 2.15. The van der Waals surface area contributed by atoms with Crippen LogP contribution in [0.5, 0.6) is 17.2 Å². The smallest absolute Gasteiger partial charge is 0.329 e. The van der Waals surface area contributed by atoms with Crippen molar-refractivity contribution in [1.82, 2.24) is 5.43 Å². The predicted molar refractivity (Wildman–Crippen MR) is 162 cm³/mol. The first-order valence-electron chi connectivity index (χ1n) is 12.2. The van der Waals surface area contributed by atoms with Gasteiger partial charge in [-0.15, -0.1) is 0 Å². The fourth-order valence-electron chi connectivity index (χ4n) is 3.31. The molecule has 0 aliphatic rings. The average molecular weight is 656 g/mol. The number of carbonyl (C=O) groups excluding carboxylic acids is 3. The number of aryl methyl sites for hydroxylation is 1. The maximum absolute atomic E-state index is 12.4. The standard InChI is InChI=1S/C29H29IN4O6/c1-4-14-39-23-12-10-22(11-13-23)33-28(36)29(37)34-31-17-20-15-24(30)27(25(16-20)38-3)40-18-26(35)32-21-8-6-19(5-2)7-9-21/h4,6-13,15-17H,1,5,14,18H2,2-3H3,(H,32,35)(H,33,36)(H,34,37)/b31-17-. The zero-order valence-electron chi connectivity index (χ0n) is 22.0. The second-order valence-corrected chi connectivity index (χ2v) is 9.36. The van der Waals surface area contributed by atoms with E-state index in [2.05, 4.69) is 34.7 Å². The number of hydrogen-bond donors (Lipinski definition) is 3. The second-order valence-electron chi connectivity index (χ2n) is 8.20. The largest absolute Gasteiger partial charge is 0.493 e. The average Bonchev–Trinajstić information content (AvgIpc) is 2.96. The van der Waals surface area contributed by atoms with E-state index >= 15 is 0 Å². The van der Waals surface area contributed by atoms with Gasteiger partial charge in [0.2, 0.25) is 0 Å². The van der Waals surface area contributed by atoms with Crippen LogP contribution in [0.4, 0.5) is 11.4 Å². The van der Waals surface area contributed by atoms with Gasteiger partial charge in [0.1, 0.15) is 12.4 Å². The Bertz CT molecular complexity index is 1370. The summed E-state index contributed by atoms with van der Waals surface area (Å²) >= 11 is 2.05. The van der Waals surface area contributed by atoms with Crippen molar-refractivity contribution in [3.05, 3.63) is 88.0 Å². The third-order valence-electron chi connectivity index (χ3n) is 5.31. The first-order chi connectivity index (χ1) is 19.3. The first-order valence-corrected chi connectivity index (χ1v) is 13.3. The number of carbonyl (C=O) groups is 3. The van der Waals surface area contributed by atoms with Crippen LogP contribution in [0.2, 0.25) is 0 Å². The highest BCUT2D eigenvalue weighted by molar-refractivity contribution is 14.1. The lowest BCUT2D eigenvalue weighted by molar-refractivity contribution is -0.136. The number of amides is 3. The molecule has 0 aliphatic carbocycles. The summed E-state index contributed by atoms with van der Waals surface area (Å²) in [4.78, 5) is 36.7. The summed E-state index contributed by atoms with van der Waals surface area (Å²) in [5.41, 5.74) is 5.05. The molecule has 40 heavy (non-hydrogen) atoms. The van der Waals surface area contributed by atoms with Crippen LogP contribution in [0, 0.1) is 3.57 Å². The lowest BCUT2D eigenvalue weighted by Crippen LogP contribution is -2.32. The lowest BCUT2D eigenvalue weighted by atomic mass is 10.1. The van der Waals surface area contributed by atoms with Crippen LogP contribution in [0.25, 0.3) is 0 Å². The molecule has 0 radical (unpaired) electrons. The van der Waals surface area contributed by atoms with Crippen LogP contribution in [0.1, 0.15) is 18.1 Å². The fourth-order valence-corrected chi connectivity index (χ4v) is 4.09. The van der Waals surface area contributed by atoms with E-state index in [0.29, 0.717) is 44.4 Å². The van der Waals surface area contributed by atoms with E-state index in [9.17, 15) is 14.4 Å². The lowest BCUT2D eigenvalue weighted by Gasteiger charge is -2.13. The minimum Gasteiger partial charge on any atom is -0.493 e. The Kier molecular flexibility index (Phi) is 11.5. The van der Waals surface area contributed by atoms with Crippen LogP contribution >= 0.6 is 22.6 Å². The van der Waals surface area contributed by atoms with E-state index in [4.69, 9.17) is 14.2 Å². The molecule has 10 nitrogen and oxygen atoms in total. The number of nitrogens with one attached hydrogen (secondary N) is 3. The number of hydrazone groups is 1. The number of nitrogens with zero attached hydrogens (tertiary/aromatic N) is 1. The summed E-state index contributed by atoms with van der Waals surface area (Å²) in [6.07, 6.45) is 3.90. The molecule has 0 spiro atoms. The van der Waals surface area contributed by atoms with Crippen molar-refractivity contribution in [2.24, 2.45) is 5.10 Å². The number of ether oxygens (including phenoxy) is 3. The van der Waals surface area contributed by atoms with Crippen molar-refractivity contribution in [2.45, 2.75) is 13.3 Å². The molecule has 0 saturated heterocycles. The minimum atomic E-state index is -0.944. The van der Waals surface area contributed by atoms with E-state index in [-0.39, 0.29) is 12.5 Å². The minimum absolute atomic E-state index is 0.217. The number of benzene rings is 3. The first kappa shape index (κ1) is 30.2. The third-order valence-corrected chi connectivity index (χ3v) is 6.11. The quantitative estimate of drug-likeness (QED) is 0.0865. The van der Waals surface area contributed by atoms with Gasteiger partial charge in [0, 0.05) is 11.4 Å². The van der Waals surface area contributed by atoms with Gasteiger partial charge in [-0.3, -0.25) is 14.4 Å². The van der Waals surface area contributed by atoms with Gasteiger partial charge >= 0.3 is 11.8 Å². The predicted octanol–water partition coefficient (Wildman–Crippen LogP) is 4.53. The SMILES string of the molecule is C=CCOc1ccc(NC(=O)C(=O)N/N=C\c2cc(I)c(OCC(=O)Nc3ccc(CC)cc3)c(OC)c2)cc1. The number of hydrogen-bond acceptors (Lipinski definition) is 7. The van der Waals surface area contributed by atoms with Gasteiger partial charge in [-0.05, 0) is 88.7 Å². The molecule has 3 rings (SSSR count). The molecular weight excluding hydrogens is 627 g/mol. The summed E-state index contributed by atoms with van der Waals surface area (Å²) in [6.45, 7) is 5.78. The van der Waals surface area contributed by atoms with E-state index in [1.54, 1.807) is 42.5 Å². The molecule has 0 atom stereocenters. The van der Waals surface area contributed by atoms with Crippen LogP contribution < -0.4 is 30.3 Å². The van der Waals surface area contributed by atoms with Crippen LogP contribution in [-0.4, -0.2) is 44.3 Å². The highest BCUT2D eigenvalue weighted by atomic mass is 127. The van der Waals surface area contributed by atoms with Gasteiger partial charge in [0.15, 0.2) is 18.1 Å². The van der Waals surface area contributed by atoms with Gasteiger partial charge in [-0.2, -0.15) is 5.10 Å². The highest BCUT2D eigenvalue weighted by Crippen LogP contribution is 2.33. The molecule has 3 aromatic carbocycles. The van der Waals surface area contributed by atoms with E-state index in [1.807, 2.05) is 46.9 Å². The number of halogens is 1. The molecule has 0 fully saturated rings. The number of methoxy groups -OCH3 is 1. The zero-order valence-corrected chi connectivity index (χ0v) is 24.2. The molecule has 0 aromatic heterocycles. The summed E-state index contributed by atoms with van der Waals surface area (Å²) in [5.74, 6) is -0.772. The second kappa shape index (κ2) is 15.3. The number of rotatable bonds is 12. The van der Waals surface area contributed by atoms with Crippen molar-refractivity contribution in [1.29, 1.82) is 0 Å². The Morgan fingerprint density at radius 3 is 2.27 bits per heavy atom. The maximum Gasteiger partial charge on any atom is 0.329 e. The van der Waals surface area contributed by atoms with Crippen LogP contribution in [0.3, 0.4) is 0 Å². The van der Waals surface area contributed by atoms with Gasteiger partial charge in [0.05, 0.1) is 16.9 Å². The molecule has 3 N–H and O–H groups in total. The Hall–Kier alpha value is -4.39. The van der Waals surface area contributed by atoms with Gasteiger partial charge in [-0.1, -0.05) is 31.7 Å². The zero-order chi connectivity index (χ0) is 28.9. The Morgan fingerprint density at radius 2 is 1.62 bits per heavy atom. The summed E-state index contributed by atoms with van der Waals surface area (Å²) in [7, 11) is 1.47. The molecule has 0 aliphatic heterocycles. The monoisotopic (exact) mass is 656 g/mol. The van der Waals surface area contributed by atoms with E-state index in [0.717, 1.165) is 6.42 Å². The van der Waals surface area contributed by atoms with Gasteiger partial charge in [-0.25, -0.2) is 5.43 Å². The Balaban J connectivity index is 1.53. The van der Waals surface area contributed by atoms with Crippen molar-refractivity contribution < 1.29 is 28.6 Å². The molecule has 0 unspecified atom stereocenters. The summed E-state index contributed by atoms with van der Waals surface area (Å²) in [6, 6.07) is 17.5. The molecule has 0 heterocycles. The molecular formula is C29H29IN4O6. The summed E-state index contributed by atoms with van der Waals surface area (Å²) in [5, 5.41) is 9.13. The molecule has 11 heteroatoms. The van der Waals surface area contributed by atoms with Crippen LogP contribution in [0.15, 0.2) is 78.4 Å². The fraction of sp³-hybridized carbons (Fsp3) is 0.172. The molecule has 3 amide bonds. The van der Waals surface area contributed by atoms with Crippen molar-refractivity contribution >= 4 is 57.9 Å². The van der Waals surface area contributed by atoms with Crippen molar-refractivity contribution in [3.8, 4) is 17.2 Å². The molecule has 0 bridgehead atoms. The molecule has 3 aromatic rings. The van der Waals surface area contributed by atoms with E-state index in [1.165, 1.54) is 18.9 Å². The Morgan fingerprint density at radius 1 is 0.950 bits per heavy atom. The molecule has 0 saturated carbocycles. The maximum atomic E-state index is 12.4.